The summed E-state index contributed by atoms with van der Waals surface area (Å²) in [6.45, 7) is -0.168. The molecule has 0 aromatic carbocycles. The molecule has 1 aromatic heterocycles. The number of carbonyl (C=O) groups excluding carboxylic acids is 1. The minimum Gasteiger partial charge on any atom is -0.480 e. The van der Waals surface area contributed by atoms with Crippen molar-refractivity contribution in [2.75, 3.05) is 26.8 Å². The van der Waals surface area contributed by atoms with E-state index in [-0.39, 0.29) is 18.7 Å². The molecular weight excluding hydrogens is 243 g/mol. The number of methoxy groups -OCH3 is 1. The summed E-state index contributed by atoms with van der Waals surface area (Å²) in [6, 6.07) is 1.01. The number of aromatic nitrogens is 1. The Morgan fingerprint density at radius 1 is 1.50 bits per heavy atom. The minimum atomic E-state index is -1.15. The molecule has 0 aliphatic carbocycles. The lowest BCUT2D eigenvalue weighted by Gasteiger charge is -2.20. The molecule has 0 fully saturated rings. The Hall–Kier alpha value is -2.02. The average molecular weight is 256 g/mol. The molecule has 0 unspecified atom stereocenters. The third-order valence-corrected chi connectivity index (χ3v) is 2.13. The van der Waals surface area contributed by atoms with Crippen molar-refractivity contribution >= 4 is 11.9 Å². The Morgan fingerprint density at radius 2 is 2.22 bits per heavy atom. The van der Waals surface area contributed by atoms with Gasteiger partial charge in [0.05, 0.1) is 18.4 Å². The van der Waals surface area contributed by atoms with Crippen LogP contribution in [0.2, 0.25) is 0 Å². The van der Waals surface area contributed by atoms with Crippen LogP contribution < -0.4 is 0 Å². The van der Waals surface area contributed by atoms with Gasteiger partial charge in [-0.3, -0.25) is 14.6 Å². The smallest absolute Gasteiger partial charge is 0.323 e. The Morgan fingerprint density at radius 3 is 2.78 bits per heavy atom. The average Bonchev–Trinajstić information content (AvgIpc) is 2.33. The first-order valence-electron chi connectivity index (χ1n) is 5.15. The summed E-state index contributed by atoms with van der Waals surface area (Å²) < 4.78 is 17.7. The number of carboxylic acid groups (broad SMARTS) is 1. The van der Waals surface area contributed by atoms with Crippen LogP contribution in [0.15, 0.2) is 18.5 Å². The van der Waals surface area contributed by atoms with Crippen LogP contribution >= 0.6 is 0 Å². The number of ether oxygens (including phenoxy) is 1. The summed E-state index contributed by atoms with van der Waals surface area (Å²) in [5.41, 5.74) is 0.00681. The summed E-state index contributed by atoms with van der Waals surface area (Å²) >= 11 is 0. The molecule has 1 aromatic rings. The molecule has 6 nitrogen and oxygen atoms in total. The quantitative estimate of drug-likeness (QED) is 0.796. The van der Waals surface area contributed by atoms with Crippen LogP contribution in [-0.2, 0) is 9.53 Å². The highest BCUT2D eigenvalue weighted by molar-refractivity contribution is 5.95. The molecule has 1 N–H and O–H groups in total. The number of aliphatic carboxylic acids is 1. The lowest BCUT2D eigenvalue weighted by Crippen LogP contribution is -2.38. The van der Waals surface area contributed by atoms with Crippen molar-refractivity contribution in [3.63, 3.8) is 0 Å². The summed E-state index contributed by atoms with van der Waals surface area (Å²) in [4.78, 5) is 27.2. The topological polar surface area (TPSA) is 79.7 Å². The van der Waals surface area contributed by atoms with Crippen LogP contribution in [0.1, 0.15) is 10.4 Å². The van der Waals surface area contributed by atoms with Crippen molar-refractivity contribution in [3.8, 4) is 0 Å². The summed E-state index contributed by atoms with van der Waals surface area (Å²) in [6.07, 6.45) is 2.15. The first-order valence-corrected chi connectivity index (χ1v) is 5.15. The third-order valence-electron chi connectivity index (χ3n) is 2.13. The second-order valence-corrected chi connectivity index (χ2v) is 3.51. The molecule has 0 atom stereocenters. The standard InChI is InChI=1S/C11H13FN2O4/c1-18-3-2-14(7-10(15)16)11(17)8-4-9(12)6-13-5-8/h4-6H,2-3,7H2,1H3,(H,15,16). The van der Waals surface area contributed by atoms with Gasteiger partial charge in [-0.05, 0) is 6.07 Å². The zero-order chi connectivity index (χ0) is 13.5. The van der Waals surface area contributed by atoms with Crippen molar-refractivity contribution in [1.29, 1.82) is 0 Å². The van der Waals surface area contributed by atoms with Crippen LogP contribution in [0.4, 0.5) is 4.39 Å². The summed E-state index contributed by atoms with van der Waals surface area (Å²) in [5.74, 6) is -2.40. The molecule has 0 saturated carbocycles. The van der Waals surface area contributed by atoms with Crippen LogP contribution in [0.25, 0.3) is 0 Å². The first-order chi connectivity index (χ1) is 8.54. The van der Waals surface area contributed by atoms with Gasteiger partial charge in [0.2, 0.25) is 0 Å². The van der Waals surface area contributed by atoms with Gasteiger partial charge in [0, 0.05) is 19.9 Å². The Kier molecular flexibility index (Phi) is 5.19. The van der Waals surface area contributed by atoms with E-state index in [4.69, 9.17) is 9.84 Å². The number of carbonyl (C=O) groups is 2. The van der Waals surface area contributed by atoms with E-state index in [2.05, 4.69) is 4.98 Å². The van der Waals surface area contributed by atoms with E-state index in [9.17, 15) is 14.0 Å². The van der Waals surface area contributed by atoms with Gasteiger partial charge in [-0.15, -0.1) is 0 Å². The lowest BCUT2D eigenvalue weighted by atomic mass is 10.2. The van der Waals surface area contributed by atoms with E-state index in [0.717, 1.165) is 17.2 Å². The highest BCUT2D eigenvalue weighted by atomic mass is 19.1. The van der Waals surface area contributed by atoms with Gasteiger partial charge in [-0.25, -0.2) is 4.39 Å². The van der Waals surface area contributed by atoms with E-state index >= 15 is 0 Å². The van der Waals surface area contributed by atoms with E-state index in [1.54, 1.807) is 0 Å². The molecule has 0 saturated heterocycles. The molecule has 0 aliphatic heterocycles. The van der Waals surface area contributed by atoms with Crippen LogP contribution in [-0.4, -0.2) is 53.7 Å². The number of carboxylic acids is 1. The van der Waals surface area contributed by atoms with Crippen molar-refractivity contribution in [1.82, 2.24) is 9.88 Å². The van der Waals surface area contributed by atoms with Crippen LogP contribution in [0.5, 0.6) is 0 Å². The van der Waals surface area contributed by atoms with E-state index in [1.165, 1.54) is 13.3 Å². The van der Waals surface area contributed by atoms with Crippen molar-refractivity contribution < 1.29 is 23.8 Å². The second-order valence-electron chi connectivity index (χ2n) is 3.51. The number of hydrogen-bond acceptors (Lipinski definition) is 4. The van der Waals surface area contributed by atoms with Gasteiger partial charge >= 0.3 is 5.97 Å². The molecule has 0 bridgehead atoms. The van der Waals surface area contributed by atoms with E-state index in [0.29, 0.717) is 0 Å². The highest BCUT2D eigenvalue weighted by Gasteiger charge is 2.18. The molecule has 1 heterocycles. The maximum atomic E-state index is 12.9. The van der Waals surface area contributed by atoms with Gasteiger partial charge < -0.3 is 14.7 Å². The van der Waals surface area contributed by atoms with E-state index < -0.39 is 24.2 Å². The van der Waals surface area contributed by atoms with Crippen molar-refractivity contribution in [2.45, 2.75) is 0 Å². The molecule has 1 rings (SSSR count). The van der Waals surface area contributed by atoms with Crippen molar-refractivity contribution in [3.05, 3.63) is 29.8 Å². The molecular formula is C11H13FN2O4. The monoisotopic (exact) mass is 256 g/mol. The van der Waals surface area contributed by atoms with Crippen molar-refractivity contribution in [2.24, 2.45) is 0 Å². The fourth-order valence-corrected chi connectivity index (χ4v) is 1.33. The van der Waals surface area contributed by atoms with Gasteiger partial charge in [0.25, 0.3) is 5.91 Å². The van der Waals surface area contributed by atoms with E-state index in [1.807, 2.05) is 0 Å². The number of amides is 1. The second kappa shape index (κ2) is 6.65. The normalized spacial score (nSPS) is 10.1. The number of nitrogens with zero attached hydrogens (tertiary/aromatic N) is 2. The fraction of sp³-hybridized carbons (Fsp3) is 0.364. The maximum absolute atomic E-state index is 12.9. The predicted molar refractivity (Wildman–Crippen MR) is 59.6 cm³/mol. The molecule has 1 amide bonds. The summed E-state index contributed by atoms with van der Waals surface area (Å²) in [7, 11) is 1.44. The Labute approximate surface area is 103 Å². The first kappa shape index (κ1) is 14.0. The zero-order valence-electron chi connectivity index (χ0n) is 9.80. The van der Waals surface area contributed by atoms with Crippen LogP contribution in [0.3, 0.4) is 0 Å². The largest absolute Gasteiger partial charge is 0.480 e. The minimum absolute atomic E-state index is 0.00681. The molecule has 7 heteroatoms. The van der Waals surface area contributed by atoms with Gasteiger partial charge in [0.1, 0.15) is 12.4 Å². The molecule has 0 spiro atoms. The number of hydrogen-bond donors (Lipinski definition) is 1. The highest BCUT2D eigenvalue weighted by Crippen LogP contribution is 2.05. The molecule has 0 radical (unpaired) electrons. The molecule has 98 valence electrons. The van der Waals surface area contributed by atoms with Gasteiger partial charge in [-0.2, -0.15) is 0 Å². The molecule has 0 aliphatic rings. The zero-order valence-corrected chi connectivity index (χ0v) is 9.80. The third kappa shape index (κ3) is 4.10. The fourth-order valence-electron chi connectivity index (χ4n) is 1.33. The van der Waals surface area contributed by atoms with Crippen LogP contribution in [0, 0.1) is 5.82 Å². The number of pyridine rings is 1. The lowest BCUT2D eigenvalue weighted by molar-refractivity contribution is -0.137. The Bertz CT molecular complexity index is 439. The molecule has 18 heavy (non-hydrogen) atoms. The SMILES string of the molecule is COCCN(CC(=O)O)C(=O)c1cncc(F)c1. The van der Waals surface area contributed by atoms with Gasteiger partial charge in [-0.1, -0.05) is 0 Å². The predicted octanol–water partition coefficient (Wildman–Crippen LogP) is 0.394. The summed E-state index contributed by atoms with van der Waals surface area (Å²) in [5, 5.41) is 8.71. The van der Waals surface area contributed by atoms with Gasteiger partial charge in [0.15, 0.2) is 0 Å². The number of halogens is 1. The Balaban J connectivity index is 2.83. The maximum Gasteiger partial charge on any atom is 0.323 e. The number of rotatable bonds is 6.